The Labute approximate surface area is 207 Å². The Kier molecular flexibility index (Phi) is 6.16. The second-order valence-electron chi connectivity index (χ2n) is 11.1. The lowest BCUT2D eigenvalue weighted by Gasteiger charge is -2.36. The van der Waals surface area contributed by atoms with Crippen molar-refractivity contribution in [3.05, 3.63) is 57.6 Å². The number of benzene rings is 2. The van der Waals surface area contributed by atoms with Gasteiger partial charge in [0.05, 0.1) is 25.3 Å². The van der Waals surface area contributed by atoms with Gasteiger partial charge in [-0.3, -0.25) is 15.0 Å². The molecule has 0 atom stereocenters. The number of carbonyl (C=O) groups excluding carboxylic acids is 2. The fourth-order valence-corrected chi connectivity index (χ4v) is 4.84. The number of nitrogens with two attached hydrogens (primary N) is 1. The number of nitrogens with zero attached hydrogens (tertiary/aromatic N) is 1. The molecule has 35 heavy (non-hydrogen) atoms. The van der Waals surface area contributed by atoms with Crippen molar-refractivity contribution < 1.29 is 19.1 Å². The SMILES string of the molecule is CCOc1cc2c(cc1C(N)=O)C(=N)N(CC(=O)c1cc(C(C)(C)C)c3c(c1)C(C)(C)CCO3)C2. The van der Waals surface area contributed by atoms with E-state index in [1.165, 1.54) is 0 Å². The van der Waals surface area contributed by atoms with Gasteiger partial charge in [-0.1, -0.05) is 34.6 Å². The zero-order valence-corrected chi connectivity index (χ0v) is 21.5. The van der Waals surface area contributed by atoms with E-state index in [-0.39, 0.29) is 34.6 Å². The fourth-order valence-electron chi connectivity index (χ4n) is 4.84. The van der Waals surface area contributed by atoms with Crippen LogP contribution in [0.1, 0.15) is 90.9 Å². The number of rotatable bonds is 6. The van der Waals surface area contributed by atoms with Crippen molar-refractivity contribution in [3.63, 3.8) is 0 Å². The summed E-state index contributed by atoms with van der Waals surface area (Å²) >= 11 is 0. The highest BCUT2D eigenvalue weighted by Crippen LogP contribution is 2.45. The summed E-state index contributed by atoms with van der Waals surface area (Å²) in [5, 5.41) is 8.67. The third-order valence-electron chi connectivity index (χ3n) is 6.96. The fraction of sp³-hybridized carbons (Fsp3) is 0.464. The molecule has 1 amide bonds. The van der Waals surface area contributed by atoms with E-state index in [1.54, 1.807) is 17.0 Å². The van der Waals surface area contributed by atoms with Gasteiger partial charge in [0.25, 0.3) is 5.91 Å². The molecule has 0 fully saturated rings. The Bertz CT molecular complexity index is 1210. The van der Waals surface area contributed by atoms with Gasteiger partial charge in [0.1, 0.15) is 17.3 Å². The van der Waals surface area contributed by atoms with Gasteiger partial charge in [0.2, 0.25) is 0 Å². The van der Waals surface area contributed by atoms with Gasteiger partial charge in [-0.25, -0.2) is 0 Å². The Hall–Kier alpha value is -3.35. The molecule has 3 N–H and O–H groups in total. The van der Waals surface area contributed by atoms with E-state index in [2.05, 4.69) is 34.6 Å². The summed E-state index contributed by atoms with van der Waals surface area (Å²) in [5.41, 5.74) is 9.65. The molecule has 2 aromatic carbocycles. The first-order chi connectivity index (χ1) is 16.3. The number of fused-ring (bicyclic) bond motifs is 2. The molecule has 2 aliphatic rings. The van der Waals surface area contributed by atoms with Crippen molar-refractivity contribution in [1.82, 2.24) is 4.90 Å². The summed E-state index contributed by atoms with van der Waals surface area (Å²) in [6.07, 6.45) is 0.887. The lowest BCUT2D eigenvalue weighted by molar-refractivity contribution is 0.0960. The van der Waals surface area contributed by atoms with Gasteiger partial charge >= 0.3 is 0 Å². The molecule has 0 saturated carbocycles. The first-order valence-corrected chi connectivity index (χ1v) is 12.1. The molecule has 0 unspecified atom stereocenters. The Morgan fingerprint density at radius 3 is 2.54 bits per heavy atom. The Morgan fingerprint density at radius 2 is 1.91 bits per heavy atom. The number of amides is 1. The van der Waals surface area contributed by atoms with E-state index in [0.717, 1.165) is 28.9 Å². The number of ketones is 1. The summed E-state index contributed by atoms with van der Waals surface area (Å²) in [6.45, 7) is 14.1. The minimum atomic E-state index is -0.604. The molecule has 4 rings (SSSR count). The summed E-state index contributed by atoms with van der Waals surface area (Å²) in [6, 6.07) is 7.28. The van der Waals surface area contributed by atoms with Crippen LogP contribution in [0.5, 0.6) is 11.5 Å². The van der Waals surface area contributed by atoms with E-state index in [9.17, 15) is 9.59 Å². The molecule has 2 aliphatic heterocycles. The number of Topliss-reactive ketones (excluding diaryl/α,β-unsaturated/α-hetero) is 1. The lowest BCUT2D eigenvalue weighted by Crippen LogP contribution is -2.32. The van der Waals surface area contributed by atoms with Crippen LogP contribution in [-0.4, -0.2) is 42.2 Å². The van der Waals surface area contributed by atoms with E-state index in [1.807, 2.05) is 19.1 Å². The highest BCUT2D eigenvalue weighted by atomic mass is 16.5. The molecular formula is C28H35N3O4. The van der Waals surface area contributed by atoms with Crippen molar-refractivity contribution in [3.8, 4) is 11.5 Å². The quantitative estimate of drug-likeness (QED) is 0.593. The molecule has 7 nitrogen and oxygen atoms in total. The van der Waals surface area contributed by atoms with E-state index >= 15 is 0 Å². The second-order valence-corrected chi connectivity index (χ2v) is 11.1. The molecule has 0 bridgehead atoms. The van der Waals surface area contributed by atoms with Gasteiger partial charge in [-0.15, -0.1) is 0 Å². The van der Waals surface area contributed by atoms with Gasteiger partial charge < -0.3 is 20.1 Å². The third-order valence-corrected chi connectivity index (χ3v) is 6.96. The van der Waals surface area contributed by atoms with Gasteiger partial charge in [0.15, 0.2) is 5.78 Å². The van der Waals surface area contributed by atoms with E-state index in [4.69, 9.17) is 20.6 Å². The minimum absolute atomic E-state index is 0.0580. The van der Waals surface area contributed by atoms with Crippen molar-refractivity contribution in [1.29, 1.82) is 5.41 Å². The van der Waals surface area contributed by atoms with Gasteiger partial charge in [-0.2, -0.15) is 0 Å². The Balaban J connectivity index is 1.66. The topological polar surface area (TPSA) is 106 Å². The van der Waals surface area contributed by atoms with Crippen molar-refractivity contribution in [2.75, 3.05) is 19.8 Å². The number of nitrogens with one attached hydrogen (secondary N) is 1. The first-order valence-electron chi connectivity index (χ1n) is 12.1. The van der Waals surface area contributed by atoms with Crippen LogP contribution in [-0.2, 0) is 17.4 Å². The number of carbonyl (C=O) groups is 2. The average Bonchev–Trinajstić information content (AvgIpc) is 3.06. The smallest absolute Gasteiger partial charge is 0.252 e. The van der Waals surface area contributed by atoms with Crippen LogP contribution in [0.25, 0.3) is 0 Å². The van der Waals surface area contributed by atoms with Crippen LogP contribution in [0.4, 0.5) is 0 Å². The molecular weight excluding hydrogens is 442 g/mol. The predicted molar refractivity (Wildman–Crippen MR) is 136 cm³/mol. The normalized spacial score (nSPS) is 16.4. The van der Waals surface area contributed by atoms with Gasteiger partial charge in [0, 0.05) is 28.8 Å². The molecule has 0 radical (unpaired) electrons. The molecule has 0 saturated heterocycles. The Morgan fingerprint density at radius 1 is 1.20 bits per heavy atom. The van der Waals surface area contributed by atoms with Crippen LogP contribution in [0.2, 0.25) is 0 Å². The van der Waals surface area contributed by atoms with Crippen LogP contribution in [0.15, 0.2) is 24.3 Å². The van der Waals surface area contributed by atoms with E-state index in [0.29, 0.717) is 36.6 Å². The number of primary amides is 1. The first kappa shape index (κ1) is 24.8. The van der Waals surface area contributed by atoms with Crippen molar-refractivity contribution in [2.24, 2.45) is 5.73 Å². The number of amidine groups is 1. The molecule has 186 valence electrons. The highest BCUT2D eigenvalue weighted by molar-refractivity contribution is 6.07. The maximum Gasteiger partial charge on any atom is 0.252 e. The minimum Gasteiger partial charge on any atom is -0.493 e. The maximum atomic E-state index is 13.5. The van der Waals surface area contributed by atoms with Crippen molar-refractivity contribution >= 4 is 17.5 Å². The standard InChI is InChI=1S/C28H35N3O4/c1-7-34-23-12-17-14-31(25(29)18(17)13-19(23)26(30)33)15-22(32)16-10-20(27(2,3)4)24-21(11-16)28(5,6)8-9-35-24/h10-13,29H,7-9,14-15H2,1-6H3,(H2,30,33). The lowest BCUT2D eigenvalue weighted by atomic mass is 9.74. The monoisotopic (exact) mass is 477 g/mol. The molecule has 2 aromatic rings. The van der Waals surface area contributed by atoms with Crippen LogP contribution >= 0.6 is 0 Å². The number of hydrogen-bond donors (Lipinski definition) is 2. The summed E-state index contributed by atoms with van der Waals surface area (Å²) in [4.78, 5) is 27.2. The molecule has 0 spiro atoms. The van der Waals surface area contributed by atoms with Crippen LogP contribution < -0.4 is 15.2 Å². The zero-order chi connectivity index (χ0) is 25.7. The summed E-state index contributed by atoms with van der Waals surface area (Å²) in [7, 11) is 0. The largest absolute Gasteiger partial charge is 0.493 e. The molecule has 7 heteroatoms. The van der Waals surface area contributed by atoms with E-state index < -0.39 is 5.91 Å². The maximum absolute atomic E-state index is 13.5. The van der Waals surface area contributed by atoms with Crippen LogP contribution in [0.3, 0.4) is 0 Å². The predicted octanol–water partition coefficient (Wildman–Crippen LogP) is 4.57. The van der Waals surface area contributed by atoms with Crippen molar-refractivity contribution in [2.45, 2.75) is 65.3 Å². The van der Waals surface area contributed by atoms with Gasteiger partial charge in [-0.05, 0) is 54.0 Å². The summed E-state index contributed by atoms with van der Waals surface area (Å²) in [5.74, 6) is 0.849. The number of ether oxygens (including phenoxy) is 2. The zero-order valence-electron chi connectivity index (χ0n) is 21.5. The highest BCUT2D eigenvalue weighted by Gasteiger charge is 2.35. The third kappa shape index (κ3) is 4.51. The van der Waals surface area contributed by atoms with Crippen LogP contribution in [0, 0.1) is 5.41 Å². The second kappa shape index (κ2) is 8.70. The molecule has 0 aromatic heterocycles. The average molecular weight is 478 g/mol. The summed E-state index contributed by atoms with van der Waals surface area (Å²) < 4.78 is 11.7. The number of hydrogen-bond acceptors (Lipinski definition) is 5. The molecule has 0 aliphatic carbocycles. The molecule has 2 heterocycles.